The molecule has 0 fully saturated rings. The summed E-state index contributed by atoms with van der Waals surface area (Å²) in [6.45, 7) is 0.188. The van der Waals surface area contributed by atoms with E-state index >= 15 is 0 Å². The summed E-state index contributed by atoms with van der Waals surface area (Å²) in [5.41, 5.74) is 1.52. The van der Waals surface area contributed by atoms with Crippen LogP contribution in [0.2, 0.25) is 5.02 Å². The van der Waals surface area contributed by atoms with E-state index in [9.17, 15) is 4.39 Å². The molecule has 94 valence electrons. The number of para-hydroxylation sites is 1. The molecule has 0 radical (unpaired) electrons. The minimum atomic E-state index is -0.348. The Kier molecular flexibility index (Phi) is 4.61. The Morgan fingerprint density at radius 3 is 2.61 bits per heavy atom. The van der Waals surface area contributed by atoms with Crippen LogP contribution in [-0.4, -0.2) is 0 Å². The van der Waals surface area contributed by atoms with E-state index in [1.165, 1.54) is 6.07 Å². The first-order chi connectivity index (χ1) is 8.70. The molecule has 18 heavy (non-hydrogen) atoms. The average Bonchev–Trinajstić information content (AvgIpc) is 2.38. The molecule has 0 heterocycles. The van der Waals surface area contributed by atoms with Crippen LogP contribution in [0.15, 0.2) is 42.5 Å². The van der Waals surface area contributed by atoms with Crippen LogP contribution in [0, 0.1) is 5.82 Å². The Morgan fingerprint density at radius 2 is 1.89 bits per heavy atom. The lowest BCUT2D eigenvalue weighted by molar-refractivity contribution is 0.297. The van der Waals surface area contributed by atoms with E-state index < -0.39 is 0 Å². The second kappa shape index (κ2) is 6.21. The van der Waals surface area contributed by atoms with E-state index in [0.717, 1.165) is 11.3 Å². The highest BCUT2D eigenvalue weighted by molar-refractivity contribution is 9.08. The molecule has 0 amide bonds. The van der Waals surface area contributed by atoms with Gasteiger partial charge in [0.05, 0.1) is 0 Å². The molecule has 0 atom stereocenters. The second-order valence-corrected chi connectivity index (χ2v) is 4.76. The molecule has 0 aromatic heterocycles. The van der Waals surface area contributed by atoms with Gasteiger partial charge in [0.25, 0.3) is 0 Å². The van der Waals surface area contributed by atoms with Gasteiger partial charge in [-0.1, -0.05) is 51.8 Å². The van der Waals surface area contributed by atoms with E-state index in [-0.39, 0.29) is 12.4 Å². The summed E-state index contributed by atoms with van der Waals surface area (Å²) in [5, 5.41) is 1.09. The van der Waals surface area contributed by atoms with Gasteiger partial charge in [0.1, 0.15) is 18.2 Å². The number of alkyl halides is 1. The van der Waals surface area contributed by atoms with Gasteiger partial charge in [-0.15, -0.1) is 0 Å². The van der Waals surface area contributed by atoms with Gasteiger partial charge in [0.15, 0.2) is 0 Å². The molecule has 0 spiro atoms. The molecular weight excluding hydrogens is 319 g/mol. The number of ether oxygens (including phenoxy) is 1. The third-order valence-electron chi connectivity index (χ3n) is 2.51. The van der Waals surface area contributed by atoms with Crippen molar-refractivity contribution in [2.75, 3.05) is 0 Å². The Labute approximate surface area is 119 Å². The topological polar surface area (TPSA) is 9.23 Å². The summed E-state index contributed by atoms with van der Waals surface area (Å²) in [6, 6.07) is 12.2. The maximum Gasteiger partial charge on any atom is 0.131 e. The Balaban J connectivity index is 2.11. The molecule has 0 unspecified atom stereocenters. The van der Waals surface area contributed by atoms with Crippen LogP contribution in [0.4, 0.5) is 4.39 Å². The molecule has 0 aliphatic heterocycles. The van der Waals surface area contributed by atoms with Crippen molar-refractivity contribution in [3.05, 3.63) is 64.4 Å². The third-order valence-corrected chi connectivity index (χ3v) is 3.35. The van der Waals surface area contributed by atoms with E-state index in [0.29, 0.717) is 15.9 Å². The predicted octanol–water partition coefficient (Wildman–Crippen LogP) is 4.95. The Morgan fingerprint density at radius 1 is 1.11 bits per heavy atom. The van der Waals surface area contributed by atoms with Gasteiger partial charge in [0.2, 0.25) is 0 Å². The molecule has 0 saturated heterocycles. The fourth-order valence-corrected chi connectivity index (χ4v) is 2.17. The van der Waals surface area contributed by atoms with Gasteiger partial charge in [-0.05, 0) is 18.2 Å². The van der Waals surface area contributed by atoms with Gasteiger partial charge >= 0.3 is 0 Å². The van der Waals surface area contributed by atoms with Crippen LogP contribution < -0.4 is 4.74 Å². The fraction of sp³-hybridized carbons (Fsp3) is 0.143. The lowest BCUT2D eigenvalue weighted by atomic mass is 10.2. The molecule has 2 aromatic rings. The largest absolute Gasteiger partial charge is 0.488 e. The van der Waals surface area contributed by atoms with Gasteiger partial charge < -0.3 is 4.74 Å². The highest BCUT2D eigenvalue weighted by Gasteiger charge is 2.06. The minimum absolute atomic E-state index is 0.188. The third kappa shape index (κ3) is 3.24. The quantitative estimate of drug-likeness (QED) is 0.721. The van der Waals surface area contributed by atoms with Crippen molar-refractivity contribution in [1.82, 2.24) is 0 Å². The lowest BCUT2D eigenvalue weighted by Crippen LogP contribution is -2.00. The maximum atomic E-state index is 13.6. The summed E-state index contributed by atoms with van der Waals surface area (Å²) >= 11 is 9.08. The highest BCUT2D eigenvalue weighted by Crippen LogP contribution is 2.22. The van der Waals surface area contributed by atoms with Gasteiger partial charge in [-0.25, -0.2) is 4.39 Å². The van der Waals surface area contributed by atoms with Gasteiger partial charge in [-0.2, -0.15) is 0 Å². The van der Waals surface area contributed by atoms with Crippen LogP contribution in [0.25, 0.3) is 0 Å². The number of rotatable bonds is 4. The second-order valence-electron chi connectivity index (χ2n) is 3.77. The van der Waals surface area contributed by atoms with E-state index in [1.54, 1.807) is 12.1 Å². The maximum absolute atomic E-state index is 13.6. The summed E-state index contributed by atoms with van der Waals surface area (Å²) in [5.74, 6) is 0.405. The molecule has 0 aliphatic carbocycles. The van der Waals surface area contributed by atoms with Crippen LogP contribution in [0.1, 0.15) is 11.1 Å². The van der Waals surface area contributed by atoms with Crippen molar-refractivity contribution < 1.29 is 9.13 Å². The molecule has 2 aromatic carbocycles. The lowest BCUT2D eigenvalue weighted by Gasteiger charge is -2.10. The monoisotopic (exact) mass is 328 g/mol. The van der Waals surface area contributed by atoms with Crippen LogP contribution in [0.5, 0.6) is 5.75 Å². The van der Waals surface area contributed by atoms with E-state index in [4.69, 9.17) is 16.3 Å². The zero-order valence-electron chi connectivity index (χ0n) is 9.50. The standard InChI is InChI=1S/C14H11BrClFO/c15-8-10-3-1-2-4-14(10)18-9-11-5-6-12(16)7-13(11)17/h1-7H,8-9H2. The fourth-order valence-electron chi connectivity index (χ4n) is 1.55. The minimum Gasteiger partial charge on any atom is -0.488 e. The van der Waals surface area contributed by atoms with E-state index in [1.807, 2.05) is 24.3 Å². The zero-order valence-corrected chi connectivity index (χ0v) is 11.8. The predicted molar refractivity (Wildman–Crippen MR) is 74.8 cm³/mol. The zero-order chi connectivity index (χ0) is 13.0. The smallest absolute Gasteiger partial charge is 0.131 e. The first-order valence-corrected chi connectivity index (χ1v) is 6.91. The van der Waals surface area contributed by atoms with Crippen molar-refractivity contribution in [1.29, 1.82) is 0 Å². The van der Waals surface area contributed by atoms with Crippen molar-refractivity contribution in [3.63, 3.8) is 0 Å². The molecule has 0 aliphatic rings. The number of benzene rings is 2. The number of halogens is 3. The molecular formula is C14H11BrClFO. The van der Waals surface area contributed by atoms with Crippen molar-refractivity contribution >= 4 is 27.5 Å². The first-order valence-electron chi connectivity index (χ1n) is 5.41. The first kappa shape index (κ1) is 13.4. The average molecular weight is 330 g/mol. The normalized spacial score (nSPS) is 10.4. The van der Waals surface area contributed by atoms with Crippen molar-refractivity contribution in [3.8, 4) is 5.75 Å². The summed E-state index contributed by atoms with van der Waals surface area (Å²) < 4.78 is 19.2. The van der Waals surface area contributed by atoms with E-state index in [2.05, 4.69) is 15.9 Å². The van der Waals surface area contributed by atoms with Crippen LogP contribution in [0.3, 0.4) is 0 Å². The number of hydrogen-bond donors (Lipinski definition) is 0. The van der Waals surface area contributed by atoms with Crippen molar-refractivity contribution in [2.45, 2.75) is 11.9 Å². The summed E-state index contributed by atoms with van der Waals surface area (Å²) in [6.07, 6.45) is 0. The molecule has 1 nitrogen and oxygen atoms in total. The Hall–Kier alpha value is -1.06. The van der Waals surface area contributed by atoms with Gasteiger partial charge in [0, 0.05) is 21.5 Å². The summed E-state index contributed by atoms with van der Waals surface area (Å²) in [4.78, 5) is 0. The molecule has 0 saturated carbocycles. The highest BCUT2D eigenvalue weighted by atomic mass is 79.9. The summed E-state index contributed by atoms with van der Waals surface area (Å²) in [7, 11) is 0. The number of hydrogen-bond acceptors (Lipinski definition) is 1. The molecule has 2 rings (SSSR count). The Bertz CT molecular complexity index is 545. The van der Waals surface area contributed by atoms with Crippen LogP contribution in [-0.2, 0) is 11.9 Å². The SMILES string of the molecule is Fc1cc(Cl)ccc1COc1ccccc1CBr. The molecule has 0 bridgehead atoms. The van der Waals surface area contributed by atoms with Gasteiger partial charge in [-0.3, -0.25) is 0 Å². The molecule has 4 heteroatoms. The van der Waals surface area contributed by atoms with Crippen LogP contribution >= 0.6 is 27.5 Å². The molecule has 0 N–H and O–H groups in total. The van der Waals surface area contributed by atoms with Crippen molar-refractivity contribution in [2.24, 2.45) is 0 Å².